The number of hydrogen-bond acceptors (Lipinski definition) is 4. The second-order valence-corrected chi connectivity index (χ2v) is 6.51. The van der Waals surface area contributed by atoms with Crippen molar-refractivity contribution < 1.29 is 19.1 Å². The highest BCUT2D eigenvalue weighted by molar-refractivity contribution is 5.89. The van der Waals surface area contributed by atoms with Gasteiger partial charge < -0.3 is 14.4 Å². The van der Waals surface area contributed by atoms with Crippen LogP contribution >= 0.6 is 0 Å². The first-order valence-electron chi connectivity index (χ1n) is 7.53. The average molecular weight is 305 g/mol. The Bertz CT molecular complexity index is 535. The molecule has 5 heteroatoms. The molecule has 2 rings (SSSR count). The molecule has 1 aromatic carbocycles. The van der Waals surface area contributed by atoms with Gasteiger partial charge in [-0.1, -0.05) is 18.2 Å². The maximum absolute atomic E-state index is 12.1. The predicted molar refractivity (Wildman–Crippen MR) is 82.7 cm³/mol. The van der Waals surface area contributed by atoms with E-state index in [9.17, 15) is 9.59 Å². The summed E-state index contributed by atoms with van der Waals surface area (Å²) in [5.41, 5.74) is -0.0132. The Kier molecular flexibility index (Phi) is 4.74. The SMILES string of the molecule is C[C@@H]1[C@H](OC(=O)c2ccccc2)CCN1C(=O)OC(C)(C)C. The molecule has 1 fully saturated rings. The summed E-state index contributed by atoms with van der Waals surface area (Å²) in [6.07, 6.45) is -0.0441. The minimum atomic E-state index is -0.532. The highest BCUT2D eigenvalue weighted by atomic mass is 16.6. The molecule has 0 unspecified atom stereocenters. The van der Waals surface area contributed by atoms with Crippen molar-refractivity contribution in [2.24, 2.45) is 0 Å². The first kappa shape index (κ1) is 16.3. The maximum atomic E-state index is 12.1. The van der Waals surface area contributed by atoms with Crippen molar-refractivity contribution in [2.45, 2.75) is 51.9 Å². The lowest BCUT2D eigenvalue weighted by Gasteiger charge is -2.28. The van der Waals surface area contributed by atoms with E-state index in [1.54, 1.807) is 29.2 Å². The number of hydrogen-bond donors (Lipinski definition) is 0. The molecule has 0 aromatic heterocycles. The zero-order valence-electron chi connectivity index (χ0n) is 13.5. The first-order chi connectivity index (χ1) is 10.3. The van der Waals surface area contributed by atoms with Gasteiger partial charge in [0.15, 0.2) is 0 Å². The quantitative estimate of drug-likeness (QED) is 0.787. The molecular formula is C17H23NO4. The molecule has 0 aliphatic carbocycles. The molecule has 2 atom stereocenters. The average Bonchev–Trinajstić information content (AvgIpc) is 2.79. The largest absolute Gasteiger partial charge is 0.457 e. The maximum Gasteiger partial charge on any atom is 0.410 e. The standard InChI is InChI=1S/C17H23NO4/c1-12-14(21-15(19)13-8-6-5-7-9-13)10-11-18(12)16(20)22-17(2,3)4/h5-9,12,14H,10-11H2,1-4H3/t12-,14-/m1/s1. The van der Waals surface area contributed by atoms with Crippen LogP contribution in [0.4, 0.5) is 4.79 Å². The van der Waals surface area contributed by atoms with Gasteiger partial charge in [0.25, 0.3) is 0 Å². The van der Waals surface area contributed by atoms with Crippen LogP contribution in [-0.4, -0.2) is 41.3 Å². The van der Waals surface area contributed by atoms with Crippen molar-refractivity contribution in [3.63, 3.8) is 0 Å². The molecule has 0 N–H and O–H groups in total. The van der Waals surface area contributed by atoms with E-state index < -0.39 is 5.60 Å². The van der Waals surface area contributed by atoms with Crippen molar-refractivity contribution in [2.75, 3.05) is 6.54 Å². The normalized spacial score (nSPS) is 21.5. The molecule has 1 amide bonds. The summed E-state index contributed by atoms with van der Waals surface area (Å²) in [5.74, 6) is -0.358. The van der Waals surface area contributed by atoms with E-state index in [1.165, 1.54) is 0 Å². The van der Waals surface area contributed by atoms with Crippen molar-refractivity contribution >= 4 is 12.1 Å². The number of benzene rings is 1. The van der Waals surface area contributed by atoms with Crippen molar-refractivity contribution in [1.29, 1.82) is 0 Å². The lowest BCUT2D eigenvalue weighted by Crippen LogP contribution is -2.41. The summed E-state index contributed by atoms with van der Waals surface area (Å²) in [5, 5.41) is 0. The van der Waals surface area contributed by atoms with Crippen LogP contribution in [0.1, 0.15) is 44.5 Å². The van der Waals surface area contributed by atoms with Crippen LogP contribution in [-0.2, 0) is 9.47 Å². The third kappa shape index (κ3) is 4.00. The van der Waals surface area contributed by atoms with E-state index in [4.69, 9.17) is 9.47 Å². The topological polar surface area (TPSA) is 55.8 Å². The summed E-state index contributed by atoms with van der Waals surface area (Å²) in [4.78, 5) is 25.8. The molecule has 0 spiro atoms. The third-order valence-electron chi connectivity index (χ3n) is 3.58. The molecule has 1 saturated heterocycles. The number of amides is 1. The number of nitrogens with zero attached hydrogens (tertiary/aromatic N) is 1. The number of likely N-dealkylation sites (tertiary alicyclic amines) is 1. The summed E-state index contributed by atoms with van der Waals surface area (Å²) in [7, 11) is 0. The van der Waals surface area contributed by atoms with Crippen LogP contribution < -0.4 is 0 Å². The van der Waals surface area contributed by atoms with Crippen LogP contribution in [0.25, 0.3) is 0 Å². The fourth-order valence-corrected chi connectivity index (χ4v) is 2.43. The Morgan fingerprint density at radius 2 is 1.82 bits per heavy atom. The molecule has 5 nitrogen and oxygen atoms in total. The van der Waals surface area contributed by atoms with Crippen molar-refractivity contribution in [3.05, 3.63) is 35.9 Å². The fourth-order valence-electron chi connectivity index (χ4n) is 2.43. The minimum absolute atomic E-state index is 0.192. The Labute approximate surface area is 131 Å². The number of rotatable bonds is 2. The van der Waals surface area contributed by atoms with Crippen LogP contribution in [0.2, 0.25) is 0 Å². The number of carbonyl (C=O) groups is 2. The van der Waals surface area contributed by atoms with Crippen LogP contribution in [0.3, 0.4) is 0 Å². The molecule has 1 aliphatic heterocycles. The summed E-state index contributed by atoms with van der Waals surface area (Å²) in [6, 6.07) is 8.67. The highest BCUT2D eigenvalue weighted by Gasteiger charge is 2.38. The molecule has 120 valence electrons. The second kappa shape index (κ2) is 6.38. The molecule has 0 radical (unpaired) electrons. The molecule has 1 aromatic rings. The monoisotopic (exact) mass is 305 g/mol. The van der Waals surface area contributed by atoms with E-state index in [-0.39, 0.29) is 24.2 Å². The van der Waals surface area contributed by atoms with Crippen LogP contribution in [0.15, 0.2) is 30.3 Å². The Morgan fingerprint density at radius 3 is 2.41 bits per heavy atom. The van der Waals surface area contributed by atoms with Gasteiger partial charge in [0.1, 0.15) is 11.7 Å². The van der Waals surface area contributed by atoms with Crippen molar-refractivity contribution in [3.8, 4) is 0 Å². The molecular weight excluding hydrogens is 282 g/mol. The van der Waals surface area contributed by atoms with Crippen molar-refractivity contribution in [1.82, 2.24) is 4.90 Å². The number of carbonyl (C=O) groups excluding carboxylic acids is 2. The molecule has 0 saturated carbocycles. The molecule has 0 bridgehead atoms. The van der Waals surface area contributed by atoms with Gasteiger partial charge in [0.05, 0.1) is 11.6 Å². The van der Waals surface area contributed by atoms with Gasteiger partial charge in [0, 0.05) is 13.0 Å². The summed E-state index contributed by atoms with van der Waals surface area (Å²) >= 11 is 0. The number of ether oxygens (including phenoxy) is 2. The molecule has 1 aliphatic rings. The van der Waals surface area contributed by atoms with Gasteiger partial charge in [-0.15, -0.1) is 0 Å². The lowest BCUT2D eigenvalue weighted by atomic mass is 10.2. The van der Waals surface area contributed by atoms with Gasteiger partial charge in [-0.3, -0.25) is 0 Å². The predicted octanol–water partition coefficient (Wildman–Crippen LogP) is 3.24. The van der Waals surface area contributed by atoms with Crippen LogP contribution in [0, 0.1) is 0 Å². The van der Waals surface area contributed by atoms with Gasteiger partial charge in [-0.2, -0.15) is 0 Å². The van der Waals surface area contributed by atoms with Gasteiger partial charge in [-0.05, 0) is 39.8 Å². The second-order valence-electron chi connectivity index (χ2n) is 6.51. The Morgan fingerprint density at radius 1 is 1.18 bits per heavy atom. The zero-order valence-corrected chi connectivity index (χ0v) is 13.5. The van der Waals surface area contributed by atoms with E-state index in [0.29, 0.717) is 18.5 Å². The highest BCUT2D eigenvalue weighted by Crippen LogP contribution is 2.24. The Hall–Kier alpha value is -2.04. The first-order valence-corrected chi connectivity index (χ1v) is 7.53. The number of esters is 1. The summed E-state index contributed by atoms with van der Waals surface area (Å²) < 4.78 is 10.9. The smallest absolute Gasteiger partial charge is 0.410 e. The van der Waals surface area contributed by atoms with E-state index in [2.05, 4.69) is 0 Å². The lowest BCUT2D eigenvalue weighted by molar-refractivity contribution is 0.00646. The zero-order chi connectivity index (χ0) is 16.3. The van der Waals surface area contributed by atoms with Gasteiger partial charge >= 0.3 is 12.1 Å². The van der Waals surface area contributed by atoms with E-state index in [0.717, 1.165) is 0 Å². The van der Waals surface area contributed by atoms with Crippen LogP contribution in [0.5, 0.6) is 0 Å². The van der Waals surface area contributed by atoms with E-state index >= 15 is 0 Å². The third-order valence-corrected chi connectivity index (χ3v) is 3.58. The van der Waals surface area contributed by atoms with Gasteiger partial charge in [-0.25, -0.2) is 9.59 Å². The fraction of sp³-hybridized carbons (Fsp3) is 0.529. The molecule has 22 heavy (non-hydrogen) atoms. The van der Waals surface area contributed by atoms with Gasteiger partial charge in [0.2, 0.25) is 0 Å². The Balaban J connectivity index is 1.95. The summed E-state index contributed by atoms with van der Waals surface area (Å²) in [6.45, 7) is 7.90. The molecule has 1 heterocycles. The minimum Gasteiger partial charge on any atom is -0.457 e. The van der Waals surface area contributed by atoms with E-state index in [1.807, 2.05) is 33.8 Å².